The summed E-state index contributed by atoms with van der Waals surface area (Å²) < 4.78 is 21.2. The van der Waals surface area contributed by atoms with Crippen molar-refractivity contribution in [1.29, 1.82) is 5.26 Å². The van der Waals surface area contributed by atoms with Gasteiger partial charge in [0.25, 0.3) is 0 Å². The van der Waals surface area contributed by atoms with Crippen LogP contribution in [0.5, 0.6) is 11.5 Å². The summed E-state index contributed by atoms with van der Waals surface area (Å²) in [6.45, 7) is 6.61. The molecule has 1 heterocycles. The summed E-state index contributed by atoms with van der Waals surface area (Å²) in [6.07, 6.45) is 0. The molecule has 0 aliphatic carbocycles. The number of nitriles is 1. The second kappa shape index (κ2) is 9.34. The fraction of sp³-hybridized carbons (Fsp3) is 0.350. The molecule has 29 heavy (non-hydrogen) atoms. The van der Waals surface area contributed by atoms with Crippen molar-refractivity contribution < 1.29 is 28.5 Å². The molecule has 9 heteroatoms. The van der Waals surface area contributed by atoms with Gasteiger partial charge < -0.3 is 24.7 Å². The van der Waals surface area contributed by atoms with Gasteiger partial charge in [-0.2, -0.15) is 5.26 Å². The summed E-state index contributed by atoms with van der Waals surface area (Å²) in [6, 6.07) is 5.01. The summed E-state index contributed by atoms with van der Waals surface area (Å²) in [5.74, 6) is -1.79. The van der Waals surface area contributed by atoms with E-state index in [4.69, 9.17) is 36.3 Å². The van der Waals surface area contributed by atoms with Gasteiger partial charge in [0.05, 0.1) is 29.7 Å². The van der Waals surface area contributed by atoms with Crippen LogP contribution in [-0.4, -0.2) is 25.2 Å². The average molecular weight is 421 g/mol. The van der Waals surface area contributed by atoms with Crippen LogP contribution in [0.4, 0.5) is 0 Å². The van der Waals surface area contributed by atoms with Crippen LogP contribution in [0.3, 0.4) is 0 Å². The fourth-order valence-corrected chi connectivity index (χ4v) is 3.21. The average Bonchev–Trinajstić information content (AvgIpc) is 2.63. The molecule has 2 N–H and O–H groups in total. The molecule has 1 unspecified atom stereocenters. The highest BCUT2D eigenvalue weighted by Crippen LogP contribution is 2.45. The molecule has 1 aliphatic rings. The van der Waals surface area contributed by atoms with Crippen LogP contribution in [0.15, 0.2) is 34.9 Å². The summed E-state index contributed by atoms with van der Waals surface area (Å²) >= 11 is 6.33. The van der Waals surface area contributed by atoms with E-state index in [0.29, 0.717) is 5.56 Å². The van der Waals surface area contributed by atoms with Crippen molar-refractivity contribution >= 4 is 23.5 Å². The Morgan fingerprint density at radius 1 is 1.31 bits per heavy atom. The molecule has 0 saturated carbocycles. The minimum atomic E-state index is -0.893. The Morgan fingerprint density at radius 3 is 2.55 bits per heavy atom. The Labute approximate surface area is 173 Å². The molecule has 1 atom stereocenters. The number of esters is 2. The highest BCUT2D eigenvalue weighted by molar-refractivity contribution is 6.32. The first-order chi connectivity index (χ1) is 13.7. The topological polar surface area (TPSA) is 121 Å². The molecule has 0 radical (unpaired) electrons. The lowest BCUT2D eigenvalue weighted by atomic mass is 9.83. The lowest BCUT2D eigenvalue weighted by Crippen LogP contribution is -2.25. The van der Waals surface area contributed by atoms with E-state index in [1.165, 1.54) is 13.0 Å². The van der Waals surface area contributed by atoms with Crippen molar-refractivity contribution in [3.8, 4) is 17.6 Å². The van der Waals surface area contributed by atoms with Crippen LogP contribution in [0.2, 0.25) is 5.02 Å². The largest absolute Gasteiger partial charge is 0.490 e. The standard InChI is InChI=1S/C20H21ClN2O6/c1-5-26-15-8-12(7-14(21)18(15)29-11(4)24)17-13(9-22)19(23)28-10(3)16(17)20(25)27-6-2/h7-8,17H,5-6,23H2,1-4H3. The molecule has 0 aromatic heterocycles. The van der Waals surface area contributed by atoms with Crippen LogP contribution in [-0.2, 0) is 19.1 Å². The van der Waals surface area contributed by atoms with Crippen LogP contribution < -0.4 is 15.2 Å². The summed E-state index contributed by atoms with van der Waals surface area (Å²) in [5.41, 5.74) is 6.47. The maximum Gasteiger partial charge on any atom is 0.338 e. The van der Waals surface area contributed by atoms with E-state index in [0.717, 1.165) is 0 Å². The van der Waals surface area contributed by atoms with Gasteiger partial charge in [-0.15, -0.1) is 0 Å². The van der Waals surface area contributed by atoms with Crippen molar-refractivity contribution in [2.75, 3.05) is 13.2 Å². The van der Waals surface area contributed by atoms with E-state index in [1.54, 1.807) is 26.8 Å². The second-order valence-corrected chi connectivity index (χ2v) is 6.38. The van der Waals surface area contributed by atoms with E-state index in [2.05, 4.69) is 0 Å². The molecule has 1 aliphatic heterocycles. The number of halogens is 1. The minimum Gasteiger partial charge on any atom is -0.490 e. The maximum atomic E-state index is 12.6. The van der Waals surface area contributed by atoms with Crippen molar-refractivity contribution in [1.82, 2.24) is 0 Å². The van der Waals surface area contributed by atoms with Gasteiger partial charge in [-0.05, 0) is 38.5 Å². The van der Waals surface area contributed by atoms with Gasteiger partial charge in [-0.1, -0.05) is 11.6 Å². The molecular weight excluding hydrogens is 400 g/mol. The first kappa shape index (κ1) is 22.1. The monoisotopic (exact) mass is 420 g/mol. The van der Waals surface area contributed by atoms with Crippen LogP contribution >= 0.6 is 11.6 Å². The van der Waals surface area contributed by atoms with Crippen molar-refractivity contribution in [2.24, 2.45) is 5.73 Å². The molecule has 1 aromatic carbocycles. The number of hydrogen-bond donors (Lipinski definition) is 1. The quantitative estimate of drug-likeness (QED) is 0.549. The van der Waals surface area contributed by atoms with E-state index in [-0.39, 0.29) is 52.5 Å². The molecule has 8 nitrogen and oxygen atoms in total. The molecule has 0 bridgehead atoms. The number of benzene rings is 1. The molecule has 1 aromatic rings. The first-order valence-corrected chi connectivity index (χ1v) is 9.22. The molecule has 0 amide bonds. The van der Waals surface area contributed by atoms with Crippen LogP contribution in [0, 0.1) is 11.3 Å². The number of rotatable bonds is 6. The fourth-order valence-electron chi connectivity index (χ4n) is 2.95. The highest BCUT2D eigenvalue weighted by atomic mass is 35.5. The minimum absolute atomic E-state index is 0.0254. The second-order valence-electron chi connectivity index (χ2n) is 5.97. The number of nitrogens with two attached hydrogens (primary N) is 1. The Balaban J connectivity index is 2.72. The van der Waals surface area contributed by atoms with Gasteiger partial charge in [0, 0.05) is 6.92 Å². The third-order valence-corrected chi connectivity index (χ3v) is 4.29. The van der Waals surface area contributed by atoms with Gasteiger partial charge in [0.15, 0.2) is 11.5 Å². The highest BCUT2D eigenvalue weighted by Gasteiger charge is 2.37. The Hall–Kier alpha value is -3.18. The molecule has 0 spiro atoms. The Bertz CT molecular complexity index is 945. The van der Waals surface area contributed by atoms with Crippen molar-refractivity contribution in [3.63, 3.8) is 0 Å². The molecule has 0 fully saturated rings. The molecule has 154 valence electrons. The van der Waals surface area contributed by atoms with Crippen LogP contribution in [0.25, 0.3) is 0 Å². The summed E-state index contributed by atoms with van der Waals surface area (Å²) in [4.78, 5) is 24.0. The van der Waals surface area contributed by atoms with Crippen molar-refractivity contribution in [3.05, 3.63) is 45.5 Å². The number of hydrogen-bond acceptors (Lipinski definition) is 8. The predicted molar refractivity (Wildman–Crippen MR) is 104 cm³/mol. The zero-order valence-corrected chi connectivity index (χ0v) is 17.3. The number of carbonyl (C=O) groups excluding carboxylic acids is 2. The maximum absolute atomic E-state index is 12.6. The number of allylic oxidation sites excluding steroid dienone is 2. The van der Waals surface area contributed by atoms with E-state index >= 15 is 0 Å². The van der Waals surface area contributed by atoms with E-state index < -0.39 is 17.9 Å². The van der Waals surface area contributed by atoms with E-state index in [1.807, 2.05) is 6.07 Å². The number of carbonyl (C=O) groups is 2. The van der Waals surface area contributed by atoms with Gasteiger partial charge in [0.2, 0.25) is 5.88 Å². The molecular formula is C20H21ClN2O6. The van der Waals surface area contributed by atoms with Gasteiger partial charge in [-0.25, -0.2) is 4.79 Å². The SMILES string of the molecule is CCOC(=O)C1=C(C)OC(N)=C(C#N)C1c1cc(Cl)c(OC(C)=O)c(OCC)c1. The Morgan fingerprint density at radius 2 is 2.00 bits per heavy atom. The van der Waals surface area contributed by atoms with Crippen LogP contribution in [0.1, 0.15) is 39.2 Å². The first-order valence-electron chi connectivity index (χ1n) is 8.85. The van der Waals surface area contributed by atoms with Gasteiger partial charge in [0.1, 0.15) is 17.4 Å². The summed E-state index contributed by atoms with van der Waals surface area (Å²) in [7, 11) is 0. The zero-order valence-electron chi connectivity index (χ0n) is 16.5. The smallest absolute Gasteiger partial charge is 0.338 e. The van der Waals surface area contributed by atoms with Gasteiger partial charge >= 0.3 is 11.9 Å². The summed E-state index contributed by atoms with van der Waals surface area (Å²) in [5, 5.41) is 9.72. The number of nitrogens with zero attached hydrogens (tertiary/aromatic N) is 1. The van der Waals surface area contributed by atoms with E-state index in [9.17, 15) is 14.9 Å². The predicted octanol–water partition coefficient (Wildman–Crippen LogP) is 3.31. The lowest BCUT2D eigenvalue weighted by Gasteiger charge is -2.27. The number of ether oxygens (including phenoxy) is 4. The molecule has 2 rings (SSSR count). The van der Waals surface area contributed by atoms with Gasteiger partial charge in [-0.3, -0.25) is 4.79 Å². The normalized spacial score (nSPS) is 16.1. The third-order valence-electron chi connectivity index (χ3n) is 4.01. The molecule has 0 saturated heterocycles. The van der Waals surface area contributed by atoms with Crippen molar-refractivity contribution in [2.45, 2.75) is 33.6 Å². The zero-order chi connectivity index (χ0) is 21.7. The Kier molecular flexibility index (Phi) is 7.13. The lowest BCUT2D eigenvalue weighted by molar-refractivity contribution is -0.139. The third kappa shape index (κ3) is 4.63.